The topological polar surface area (TPSA) is 33.5 Å². The maximum Gasteiger partial charge on any atom is 0.135 e. The maximum absolute atomic E-state index is 9.66. The third kappa shape index (κ3) is 9.19. The van der Waals surface area contributed by atoms with Crippen LogP contribution >= 0.6 is 0 Å². The van der Waals surface area contributed by atoms with E-state index in [2.05, 4.69) is 226 Å². The van der Waals surface area contributed by atoms with Crippen LogP contribution in [0.5, 0.6) is 11.5 Å². The van der Waals surface area contributed by atoms with Crippen LogP contribution in [-0.2, 0) is 43.7 Å². The van der Waals surface area contributed by atoms with Crippen LogP contribution in [-0.4, -0.2) is 9.55 Å². The summed E-state index contributed by atoms with van der Waals surface area (Å²) >= 11 is 0. The molecule has 89 heavy (non-hydrogen) atoms. The smallest absolute Gasteiger partial charge is 0.135 e. The number of hydrogen-bond acceptors (Lipinski definition) is 4. The van der Waals surface area contributed by atoms with E-state index in [0.29, 0.717) is 28.4 Å². The Hall–Kier alpha value is -9.54. The van der Waals surface area contributed by atoms with Crippen LogP contribution < -0.4 is 14.5 Å². The van der Waals surface area contributed by atoms with Crippen molar-refractivity contribution in [2.75, 3.05) is 9.80 Å². The SMILES string of the molecule is [2H]C([2H])([2H])c1cccc(-c2ccc(-n3c4[c-]c(Oc5[c-]c(N6[CH-]N(c7c(-c8cc(C(C)(C)C)cc(C(C)(C)C)c8)cccc7-c7ccc8c(c7)-c7ccccc7C87c8ccccc8C([2H])([2H])c8ccccc87)c7ccccc76)ccc5)ccc4c4ccccc43)nc2)c1.[Pt]. The van der Waals surface area contributed by atoms with Crippen molar-refractivity contribution in [1.29, 1.82) is 0 Å². The van der Waals surface area contributed by atoms with Crippen molar-refractivity contribution in [3.05, 3.63) is 318 Å². The number of benzene rings is 11. The molecule has 16 rings (SSSR count). The third-order valence-electron chi connectivity index (χ3n) is 18.1. The molecule has 1 spiro atoms. The summed E-state index contributed by atoms with van der Waals surface area (Å²) in [6.07, 6.45) is 0.0947. The summed E-state index contributed by atoms with van der Waals surface area (Å²) in [5.74, 6) is 1.71. The van der Waals surface area contributed by atoms with Gasteiger partial charge in [-0.15, -0.1) is 48.1 Å². The van der Waals surface area contributed by atoms with Gasteiger partial charge in [0.2, 0.25) is 0 Å². The van der Waals surface area contributed by atoms with Crippen LogP contribution in [0.25, 0.3) is 72.1 Å². The van der Waals surface area contributed by atoms with Gasteiger partial charge >= 0.3 is 0 Å². The molecule has 11 aromatic carbocycles. The minimum Gasteiger partial charge on any atom is -0.509 e. The van der Waals surface area contributed by atoms with Crippen LogP contribution in [0, 0.1) is 25.7 Å². The minimum absolute atomic E-state index is 0. The molecule has 3 heterocycles. The van der Waals surface area contributed by atoms with Crippen LogP contribution in [0.3, 0.4) is 0 Å². The number of rotatable bonds is 8. The van der Waals surface area contributed by atoms with Crippen LogP contribution in [0.15, 0.2) is 249 Å². The van der Waals surface area contributed by atoms with Crippen molar-refractivity contribution in [3.63, 3.8) is 0 Å². The van der Waals surface area contributed by atoms with E-state index in [0.717, 1.165) is 111 Å². The Morgan fingerprint density at radius 3 is 1.84 bits per heavy atom. The molecule has 6 heteroatoms. The van der Waals surface area contributed by atoms with Gasteiger partial charge in [-0.25, -0.2) is 4.98 Å². The first-order valence-electron chi connectivity index (χ1n) is 32.7. The molecule has 0 atom stereocenters. The molecule has 0 radical (unpaired) electrons. The van der Waals surface area contributed by atoms with Gasteiger partial charge in [0, 0.05) is 84.9 Å². The Morgan fingerprint density at radius 2 is 1.11 bits per heavy atom. The molecule has 2 aromatic heterocycles. The van der Waals surface area contributed by atoms with Gasteiger partial charge in [-0.2, -0.15) is 12.1 Å². The van der Waals surface area contributed by atoms with Gasteiger partial charge in [-0.3, -0.25) is 0 Å². The van der Waals surface area contributed by atoms with Gasteiger partial charge in [0.1, 0.15) is 5.82 Å². The van der Waals surface area contributed by atoms with Crippen LogP contribution in [0.4, 0.5) is 22.7 Å². The van der Waals surface area contributed by atoms with E-state index in [1.54, 1.807) is 24.4 Å². The first-order valence-corrected chi connectivity index (χ1v) is 30.2. The molecule has 0 fully saturated rings. The summed E-state index contributed by atoms with van der Waals surface area (Å²) in [5.41, 5.74) is 21.1. The molecule has 0 N–H and O–H groups in total. The van der Waals surface area contributed by atoms with Crippen LogP contribution in [0.1, 0.15) is 98.5 Å². The Kier molecular flexibility index (Phi) is 12.1. The fourth-order valence-electron chi connectivity index (χ4n) is 13.9. The normalized spacial score (nSPS) is 15.2. The molecule has 2 aliphatic carbocycles. The zero-order valence-corrected chi connectivity index (χ0v) is 52.5. The van der Waals surface area contributed by atoms with E-state index in [1.807, 2.05) is 72.8 Å². The Bertz CT molecular complexity index is 5110. The van der Waals surface area contributed by atoms with Crippen molar-refractivity contribution in [1.82, 2.24) is 9.55 Å². The number of pyridine rings is 1. The number of hydrogen-bond donors (Lipinski definition) is 0. The quantitative estimate of drug-likeness (QED) is 0.142. The molecule has 5 nitrogen and oxygen atoms in total. The predicted octanol–water partition coefficient (Wildman–Crippen LogP) is 21.1. The first kappa shape index (κ1) is 50.5. The Morgan fingerprint density at radius 1 is 0.494 bits per heavy atom. The largest absolute Gasteiger partial charge is 0.509 e. The monoisotopic (exact) mass is 1330 g/mol. The van der Waals surface area contributed by atoms with E-state index in [1.165, 1.54) is 11.1 Å². The maximum atomic E-state index is 9.66. The average molecular weight is 1330 g/mol. The van der Waals surface area contributed by atoms with Gasteiger partial charge in [-0.1, -0.05) is 229 Å². The van der Waals surface area contributed by atoms with Crippen molar-refractivity contribution >= 4 is 44.6 Å². The Labute approximate surface area is 543 Å². The van der Waals surface area contributed by atoms with Gasteiger partial charge in [0.15, 0.2) is 0 Å². The first-order chi connectivity index (χ1) is 44.7. The van der Waals surface area contributed by atoms with Crippen LogP contribution in [0.2, 0.25) is 0 Å². The van der Waals surface area contributed by atoms with E-state index >= 15 is 0 Å². The number of para-hydroxylation sites is 4. The third-order valence-corrected chi connectivity index (χ3v) is 18.1. The molecule has 0 saturated heterocycles. The summed E-state index contributed by atoms with van der Waals surface area (Å²) in [5, 5.41) is 2.04. The molecule has 3 aliphatic rings. The minimum atomic E-state index is -2.22. The number of nitrogens with zero attached hydrogens (tertiary/aromatic N) is 4. The van der Waals surface area contributed by atoms with Crippen molar-refractivity contribution < 1.29 is 32.7 Å². The number of fused-ring (bicyclic) bond motifs is 13. The zero-order valence-electron chi connectivity index (χ0n) is 55.3. The summed E-state index contributed by atoms with van der Waals surface area (Å²) in [6.45, 7) is 13.7. The molecular formula is C83H65N4OPt-3. The molecule has 0 unspecified atom stereocenters. The molecule has 0 bridgehead atoms. The second-order valence-electron chi connectivity index (χ2n) is 25.5. The summed E-state index contributed by atoms with van der Waals surface area (Å²) in [7, 11) is 0. The van der Waals surface area contributed by atoms with Gasteiger partial charge < -0.3 is 19.1 Å². The average Bonchev–Trinajstić information content (AvgIpc) is 1.43. The van der Waals surface area contributed by atoms with E-state index in [-0.39, 0.29) is 37.5 Å². The number of ether oxygens (including phenoxy) is 1. The predicted molar refractivity (Wildman–Crippen MR) is 363 cm³/mol. The number of aryl methyl sites for hydroxylation is 1. The number of aromatic nitrogens is 2. The van der Waals surface area contributed by atoms with Gasteiger partial charge in [0.25, 0.3) is 0 Å². The molecule has 1 aliphatic heterocycles. The van der Waals surface area contributed by atoms with Crippen molar-refractivity contribution in [3.8, 4) is 61.8 Å². The molecule has 13 aromatic rings. The fourth-order valence-corrected chi connectivity index (χ4v) is 13.9. The fraction of sp³-hybridized carbons (Fsp3) is 0.133. The summed E-state index contributed by atoms with van der Waals surface area (Å²) < 4.78 is 52.2. The van der Waals surface area contributed by atoms with E-state index in [9.17, 15) is 2.74 Å². The summed E-state index contributed by atoms with van der Waals surface area (Å²) in [4.78, 5) is 9.52. The van der Waals surface area contributed by atoms with E-state index < -0.39 is 18.6 Å². The number of anilines is 4. The second kappa shape index (κ2) is 21.4. The standard InChI is InChI=1S/C83H65N4O.Pt/c1-53-21-18-24-54(43-53)58-38-42-79(84-51-58)87-75-34-15-11-28-68(75)69-40-39-64(50-78(69)87)88-63-26-19-25-62(49-63)85-52-86(77-36-17-16-35-76(77)85)80-65(29-20-30-66(80)59-45-60(81(2,3)4)48-61(46-59)82(5,6)7)55-37-41-74-70(47-55)67-27-10-14-33-73(67)83(74)71-31-12-8-22-56(71)44-57-23-9-13-32-72(57)83;/h8-43,45-48,51-52H,44H2,1-7H3;/q-3;/i1D3,44D2;. The van der Waals surface area contributed by atoms with Crippen molar-refractivity contribution in [2.45, 2.75) is 71.0 Å². The second-order valence-corrected chi connectivity index (χ2v) is 25.5. The van der Waals surface area contributed by atoms with Gasteiger partial charge in [0.05, 0.1) is 5.41 Å². The van der Waals surface area contributed by atoms with Crippen molar-refractivity contribution in [2.24, 2.45) is 0 Å². The summed E-state index contributed by atoms with van der Waals surface area (Å²) in [6, 6.07) is 91.0. The molecule has 436 valence electrons. The Balaban J connectivity index is 0.00000729. The zero-order chi connectivity index (χ0) is 63.9. The molecule has 0 amide bonds. The molecule has 0 saturated carbocycles. The van der Waals surface area contributed by atoms with E-state index in [4.69, 9.17) is 13.8 Å². The molecular weight excluding hydrogens is 1260 g/mol. The van der Waals surface area contributed by atoms with Gasteiger partial charge in [-0.05, 0) is 138 Å².